The van der Waals surface area contributed by atoms with Crippen molar-refractivity contribution in [3.63, 3.8) is 0 Å². The Morgan fingerprint density at radius 1 is 0.371 bits per heavy atom. The molecule has 3 aliphatic rings. The Hall–Kier alpha value is -4.76. The van der Waals surface area contributed by atoms with E-state index in [0.29, 0.717) is 0 Å². The minimum absolute atomic E-state index is 0.0109. The van der Waals surface area contributed by atoms with Gasteiger partial charge in [0.15, 0.2) is 0 Å². The minimum atomic E-state index is -0.321. The summed E-state index contributed by atoms with van der Waals surface area (Å²) in [5, 5.41) is 11.7. The van der Waals surface area contributed by atoms with E-state index in [1.54, 1.807) is 45.4 Å². The molecule has 0 N–H and O–H groups in total. The van der Waals surface area contributed by atoms with Gasteiger partial charge in [-0.3, -0.25) is 0 Å². The number of hydrogen-bond donors (Lipinski definition) is 0. The van der Waals surface area contributed by atoms with E-state index >= 15 is 0 Å². The van der Waals surface area contributed by atoms with Gasteiger partial charge in [-0.1, -0.05) is 0 Å². The number of aromatic nitrogens is 2. The van der Waals surface area contributed by atoms with Crippen LogP contribution in [-0.2, 0) is 32.5 Å². The summed E-state index contributed by atoms with van der Waals surface area (Å²) in [6, 6.07) is 35.4. The summed E-state index contributed by atoms with van der Waals surface area (Å²) >= 11 is 0.196. The Kier molecular flexibility index (Phi) is 8.21. The zero-order valence-electron chi connectivity index (χ0n) is 44.4. The first-order valence-corrected chi connectivity index (χ1v) is 29.3. The molecule has 0 unspecified atom stereocenters. The molecule has 11 aromatic rings. The molecule has 0 atom stereocenters. The second-order valence-corrected chi connectivity index (χ2v) is 31.8. The van der Waals surface area contributed by atoms with Gasteiger partial charge in [0.25, 0.3) is 0 Å². The molecule has 2 nitrogen and oxygen atoms in total. The standard InChI is InChI=1S/C65H65BN2Se2/c1-60(2,3)32-18-22-41-37(26-32)47-51-54-58(49-39-28-34(62(7,8)9)20-24-43(39)67(41)56(47)49)69-45-30-36(64(13,14)15)31-46-53(45)66(54)55-52(65(51,16)17)48-38-27-33(61(4,5)6)19-23-42(38)68-44-25-21-35(63(10,11)12)29-40(44)50(57(48)68)59(55)70-46/h18-31H,1-17H3. The summed E-state index contributed by atoms with van der Waals surface area (Å²) in [7, 11) is 0. The fourth-order valence-corrected chi connectivity index (χ4v) is 19.7. The van der Waals surface area contributed by atoms with Gasteiger partial charge in [0, 0.05) is 0 Å². The van der Waals surface area contributed by atoms with Gasteiger partial charge in [-0.05, 0) is 0 Å². The molecule has 5 heteroatoms. The van der Waals surface area contributed by atoms with Gasteiger partial charge in [-0.15, -0.1) is 0 Å². The zero-order chi connectivity index (χ0) is 49.2. The fourth-order valence-electron chi connectivity index (χ4n) is 13.6. The molecule has 350 valence electrons. The van der Waals surface area contributed by atoms with Crippen molar-refractivity contribution in [2.45, 2.75) is 150 Å². The Morgan fingerprint density at radius 2 is 0.671 bits per heavy atom. The molecule has 0 fully saturated rings. The van der Waals surface area contributed by atoms with Crippen LogP contribution in [0.1, 0.15) is 157 Å². The molecular weight excluding hydrogens is 977 g/mol. The summed E-state index contributed by atoms with van der Waals surface area (Å²) in [5.74, 6) is 0. The van der Waals surface area contributed by atoms with Crippen LogP contribution in [0.2, 0.25) is 0 Å². The summed E-state index contributed by atoms with van der Waals surface area (Å²) in [6.45, 7) is 41.4. The van der Waals surface area contributed by atoms with Crippen molar-refractivity contribution in [3.8, 4) is 0 Å². The normalized spacial score (nSPS) is 16.0. The first-order chi connectivity index (χ1) is 32.7. The number of hydrogen-bond acceptors (Lipinski definition) is 0. The van der Waals surface area contributed by atoms with Gasteiger partial charge in [0.2, 0.25) is 0 Å². The Bertz CT molecular complexity index is 3950. The van der Waals surface area contributed by atoms with Crippen molar-refractivity contribution in [3.05, 3.63) is 124 Å². The van der Waals surface area contributed by atoms with E-state index in [1.165, 1.54) is 104 Å². The van der Waals surface area contributed by atoms with Crippen LogP contribution in [0, 0.1) is 0 Å². The van der Waals surface area contributed by atoms with Gasteiger partial charge >= 0.3 is 430 Å². The van der Waals surface area contributed by atoms with Crippen molar-refractivity contribution in [1.82, 2.24) is 8.80 Å². The summed E-state index contributed by atoms with van der Waals surface area (Å²) < 4.78 is 11.9. The molecule has 0 aliphatic carbocycles. The van der Waals surface area contributed by atoms with E-state index in [0.717, 1.165) is 0 Å². The Balaban J connectivity index is 1.27. The molecular formula is C65H65BN2Se2. The molecule has 4 aromatic heterocycles. The van der Waals surface area contributed by atoms with Crippen LogP contribution >= 0.6 is 0 Å². The van der Waals surface area contributed by atoms with Crippen LogP contribution in [-0.4, -0.2) is 45.4 Å². The van der Waals surface area contributed by atoms with Crippen LogP contribution in [0.15, 0.2) is 84.9 Å². The molecule has 7 heterocycles. The quantitative estimate of drug-likeness (QED) is 0.134. The van der Waals surface area contributed by atoms with Gasteiger partial charge < -0.3 is 0 Å². The first-order valence-electron chi connectivity index (χ1n) is 25.9. The summed E-state index contributed by atoms with van der Waals surface area (Å²) in [4.78, 5) is 0. The number of benzene rings is 7. The van der Waals surface area contributed by atoms with E-state index in [4.69, 9.17) is 0 Å². The predicted molar refractivity (Wildman–Crippen MR) is 309 cm³/mol. The molecule has 14 rings (SSSR count). The maximum atomic E-state index is 2.71. The van der Waals surface area contributed by atoms with Gasteiger partial charge in [0.05, 0.1) is 0 Å². The molecule has 70 heavy (non-hydrogen) atoms. The average Bonchev–Trinajstić information content (AvgIpc) is 3.99. The van der Waals surface area contributed by atoms with Crippen LogP contribution in [0.3, 0.4) is 0 Å². The Labute approximate surface area is 427 Å². The first kappa shape index (κ1) is 44.0. The van der Waals surface area contributed by atoms with Crippen molar-refractivity contribution in [2.24, 2.45) is 0 Å². The van der Waals surface area contributed by atoms with Crippen LogP contribution in [0.5, 0.6) is 0 Å². The molecule has 0 spiro atoms. The maximum absolute atomic E-state index is 2.71. The van der Waals surface area contributed by atoms with Gasteiger partial charge in [-0.25, -0.2) is 0 Å². The zero-order valence-corrected chi connectivity index (χ0v) is 47.8. The van der Waals surface area contributed by atoms with E-state index in [9.17, 15) is 0 Å². The fraction of sp³-hybridized carbons (Fsp3) is 0.354. The van der Waals surface area contributed by atoms with Crippen LogP contribution in [0.4, 0.5) is 0 Å². The molecule has 7 aromatic carbocycles. The van der Waals surface area contributed by atoms with Crippen LogP contribution in [0.25, 0.3) is 76.2 Å². The van der Waals surface area contributed by atoms with E-state index in [1.807, 2.05) is 0 Å². The van der Waals surface area contributed by atoms with Crippen molar-refractivity contribution in [1.29, 1.82) is 0 Å². The Morgan fingerprint density at radius 3 is 0.971 bits per heavy atom. The van der Waals surface area contributed by atoms with Crippen molar-refractivity contribution >= 4 is 147 Å². The monoisotopic (exact) mass is 1040 g/mol. The second-order valence-electron chi connectivity index (χ2n) is 27.4. The second kappa shape index (κ2) is 13.1. The van der Waals surface area contributed by atoms with Gasteiger partial charge in [0.1, 0.15) is 0 Å². The van der Waals surface area contributed by atoms with E-state index in [2.05, 4.69) is 211 Å². The number of fused-ring (bicyclic) bond motifs is 16. The van der Waals surface area contributed by atoms with E-state index in [-0.39, 0.29) is 69.1 Å². The third-order valence-corrected chi connectivity index (χ3v) is 22.4. The van der Waals surface area contributed by atoms with Crippen molar-refractivity contribution in [2.75, 3.05) is 0 Å². The summed E-state index contributed by atoms with van der Waals surface area (Å²) in [5.41, 5.74) is 23.3. The SMILES string of the molecule is CC(C)(C)c1cc2c3c(c1)[Se]c1c4c(c5c6cc(C(C)(C)C)ccc6n6c7ccc(C(C)(C)C)cc7c1c56)C(C)(C)c1c(c(c5c6cc(C(C)(C)C)ccc6n6c7ccc(C(C)(C)C)cc7c1c56)[Se]2)B34. The van der Waals surface area contributed by atoms with Crippen molar-refractivity contribution < 1.29 is 0 Å². The molecule has 0 saturated carbocycles. The van der Waals surface area contributed by atoms with Crippen LogP contribution < -0.4 is 34.2 Å². The number of nitrogens with zero attached hydrogens (tertiary/aromatic N) is 2. The average molecular weight is 1040 g/mol. The molecule has 0 bridgehead atoms. The molecule has 3 aliphatic heterocycles. The predicted octanol–water partition coefficient (Wildman–Crippen LogP) is 11.6. The molecule has 0 amide bonds. The van der Waals surface area contributed by atoms with Gasteiger partial charge in [-0.2, -0.15) is 0 Å². The number of rotatable bonds is 0. The summed E-state index contributed by atoms with van der Waals surface area (Å²) in [6.07, 6.45) is 0. The third-order valence-electron chi connectivity index (χ3n) is 17.4. The molecule has 0 saturated heterocycles. The molecule has 0 radical (unpaired) electrons. The van der Waals surface area contributed by atoms with E-state index < -0.39 is 0 Å². The third kappa shape index (κ3) is 5.39. The topological polar surface area (TPSA) is 8.82 Å².